The van der Waals surface area contributed by atoms with Gasteiger partial charge in [0.15, 0.2) is 11.5 Å². The van der Waals surface area contributed by atoms with E-state index in [1.165, 1.54) is 11.3 Å². The number of nitrogens with zero attached hydrogens (tertiary/aromatic N) is 6. The standard InChI is InChI=1S/C16H23N9/c1-9-11(7-19-24(9)2)8-25-5-3-10(4-6-25)14-20-12-13(17)21-16(18)23-15(12)22-14/h7,10H,3-6,8H2,1-2H3,(H5,17,18,20,21,22,23). The second-order valence-electron chi connectivity index (χ2n) is 6.72. The van der Waals surface area contributed by atoms with Crippen molar-refractivity contribution < 1.29 is 0 Å². The lowest BCUT2D eigenvalue weighted by Gasteiger charge is -2.30. The largest absolute Gasteiger partial charge is 0.382 e. The number of aromatic amines is 1. The van der Waals surface area contributed by atoms with Crippen molar-refractivity contribution in [2.45, 2.75) is 32.2 Å². The van der Waals surface area contributed by atoms with Crippen LogP contribution in [0, 0.1) is 6.92 Å². The first-order valence-electron chi connectivity index (χ1n) is 8.49. The van der Waals surface area contributed by atoms with Crippen molar-refractivity contribution in [3.8, 4) is 0 Å². The number of nitrogen functional groups attached to an aromatic ring is 2. The van der Waals surface area contributed by atoms with Crippen LogP contribution in [0.25, 0.3) is 11.2 Å². The Bertz CT molecular complexity index is 902. The van der Waals surface area contributed by atoms with Gasteiger partial charge in [0.1, 0.15) is 11.3 Å². The monoisotopic (exact) mass is 341 g/mol. The molecule has 4 heterocycles. The summed E-state index contributed by atoms with van der Waals surface area (Å²) in [5.74, 6) is 1.82. The molecule has 4 rings (SSSR count). The molecule has 1 saturated heterocycles. The summed E-state index contributed by atoms with van der Waals surface area (Å²) in [4.78, 5) is 18.5. The average Bonchev–Trinajstić information content (AvgIpc) is 3.14. The molecule has 0 unspecified atom stereocenters. The highest BCUT2D eigenvalue weighted by molar-refractivity contribution is 5.82. The molecule has 25 heavy (non-hydrogen) atoms. The minimum Gasteiger partial charge on any atom is -0.382 e. The summed E-state index contributed by atoms with van der Waals surface area (Å²) in [6.45, 7) is 5.11. The average molecular weight is 341 g/mol. The Labute approximate surface area is 145 Å². The molecule has 0 saturated carbocycles. The zero-order valence-corrected chi connectivity index (χ0v) is 14.5. The van der Waals surface area contributed by atoms with E-state index in [1.54, 1.807) is 0 Å². The predicted molar refractivity (Wildman–Crippen MR) is 95.7 cm³/mol. The van der Waals surface area contributed by atoms with Crippen molar-refractivity contribution in [2.24, 2.45) is 7.05 Å². The minimum absolute atomic E-state index is 0.157. The van der Waals surface area contributed by atoms with Gasteiger partial charge < -0.3 is 16.5 Å². The van der Waals surface area contributed by atoms with Gasteiger partial charge in [-0.3, -0.25) is 9.58 Å². The lowest BCUT2D eigenvalue weighted by atomic mass is 9.96. The first-order chi connectivity index (χ1) is 12.0. The number of rotatable bonds is 3. The zero-order chi connectivity index (χ0) is 17.6. The molecule has 0 atom stereocenters. The van der Waals surface area contributed by atoms with E-state index >= 15 is 0 Å². The number of H-pyrrole nitrogens is 1. The van der Waals surface area contributed by atoms with Crippen LogP contribution in [0.1, 0.15) is 35.8 Å². The predicted octanol–water partition coefficient (Wildman–Crippen LogP) is 0.939. The lowest BCUT2D eigenvalue weighted by molar-refractivity contribution is 0.202. The van der Waals surface area contributed by atoms with Gasteiger partial charge in [0, 0.05) is 30.8 Å². The SMILES string of the molecule is Cc1c(CN2CCC(c3nc4nc(N)nc(N)c4[nH]3)CC2)cnn1C. The van der Waals surface area contributed by atoms with Crippen molar-refractivity contribution in [3.05, 3.63) is 23.3 Å². The molecular weight excluding hydrogens is 318 g/mol. The number of hydrogen-bond donors (Lipinski definition) is 3. The number of aromatic nitrogens is 6. The summed E-state index contributed by atoms with van der Waals surface area (Å²) in [5, 5.41) is 4.32. The van der Waals surface area contributed by atoms with Gasteiger partial charge in [-0.1, -0.05) is 0 Å². The Morgan fingerprint density at radius 3 is 2.64 bits per heavy atom. The first-order valence-corrected chi connectivity index (χ1v) is 8.49. The fourth-order valence-corrected chi connectivity index (χ4v) is 3.45. The maximum atomic E-state index is 5.91. The third kappa shape index (κ3) is 2.91. The van der Waals surface area contributed by atoms with E-state index in [0.717, 1.165) is 38.3 Å². The molecule has 0 radical (unpaired) electrons. The van der Waals surface area contributed by atoms with E-state index in [-0.39, 0.29) is 5.95 Å². The van der Waals surface area contributed by atoms with Gasteiger partial charge in [-0.2, -0.15) is 15.1 Å². The normalized spacial score (nSPS) is 16.7. The lowest BCUT2D eigenvalue weighted by Crippen LogP contribution is -2.32. The molecule has 9 nitrogen and oxygen atoms in total. The number of likely N-dealkylation sites (tertiary alicyclic amines) is 1. The third-order valence-electron chi connectivity index (χ3n) is 5.12. The Morgan fingerprint density at radius 2 is 1.96 bits per heavy atom. The number of imidazole rings is 1. The van der Waals surface area contributed by atoms with E-state index < -0.39 is 0 Å². The van der Waals surface area contributed by atoms with Crippen LogP contribution in [0.3, 0.4) is 0 Å². The molecule has 0 aliphatic carbocycles. The Hall–Kier alpha value is -2.68. The van der Waals surface area contributed by atoms with Crippen LogP contribution in [0.5, 0.6) is 0 Å². The first kappa shape index (κ1) is 15.8. The molecular formula is C16H23N9. The number of fused-ring (bicyclic) bond motifs is 1. The Kier molecular flexibility index (Phi) is 3.79. The van der Waals surface area contributed by atoms with Gasteiger partial charge in [0.05, 0.1) is 6.20 Å². The maximum absolute atomic E-state index is 5.91. The van der Waals surface area contributed by atoms with Crippen molar-refractivity contribution >= 4 is 22.9 Å². The summed E-state index contributed by atoms with van der Waals surface area (Å²) in [5.41, 5.74) is 15.3. The van der Waals surface area contributed by atoms with E-state index in [1.807, 2.05) is 17.9 Å². The molecule has 5 N–H and O–H groups in total. The van der Waals surface area contributed by atoms with Gasteiger partial charge in [-0.25, -0.2) is 4.98 Å². The van der Waals surface area contributed by atoms with Gasteiger partial charge in [-0.05, 0) is 32.9 Å². The fourth-order valence-electron chi connectivity index (χ4n) is 3.45. The number of nitrogens with one attached hydrogen (secondary N) is 1. The number of piperidine rings is 1. The number of anilines is 2. The fraction of sp³-hybridized carbons (Fsp3) is 0.500. The molecule has 132 valence electrons. The van der Waals surface area contributed by atoms with Crippen LogP contribution in [0.2, 0.25) is 0 Å². The van der Waals surface area contributed by atoms with Crippen molar-refractivity contribution in [2.75, 3.05) is 24.6 Å². The second-order valence-corrected chi connectivity index (χ2v) is 6.72. The zero-order valence-electron chi connectivity index (χ0n) is 14.5. The third-order valence-corrected chi connectivity index (χ3v) is 5.12. The van der Waals surface area contributed by atoms with Crippen LogP contribution in [-0.2, 0) is 13.6 Å². The molecule has 1 aliphatic rings. The Morgan fingerprint density at radius 1 is 1.20 bits per heavy atom. The van der Waals surface area contributed by atoms with Gasteiger partial charge in [-0.15, -0.1) is 0 Å². The van der Waals surface area contributed by atoms with Crippen LogP contribution in [-0.4, -0.2) is 47.7 Å². The number of nitrogens with two attached hydrogens (primary N) is 2. The van der Waals surface area contributed by atoms with E-state index in [9.17, 15) is 0 Å². The summed E-state index contributed by atoms with van der Waals surface area (Å²) in [6, 6.07) is 0. The van der Waals surface area contributed by atoms with E-state index in [4.69, 9.17) is 11.5 Å². The minimum atomic E-state index is 0.157. The highest BCUT2D eigenvalue weighted by atomic mass is 15.3. The van der Waals surface area contributed by atoms with Gasteiger partial charge in [0.2, 0.25) is 5.95 Å². The van der Waals surface area contributed by atoms with E-state index in [2.05, 4.69) is 36.9 Å². The smallest absolute Gasteiger partial charge is 0.224 e. The summed E-state index contributed by atoms with van der Waals surface area (Å²) >= 11 is 0. The summed E-state index contributed by atoms with van der Waals surface area (Å²) in [6.07, 6.45) is 4.05. The van der Waals surface area contributed by atoms with Crippen LogP contribution < -0.4 is 11.5 Å². The summed E-state index contributed by atoms with van der Waals surface area (Å²) < 4.78 is 1.92. The highest BCUT2D eigenvalue weighted by Crippen LogP contribution is 2.29. The van der Waals surface area contributed by atoms with Crippen molar-refractivity contribution in [1.29, 1.82) is 0 Å². The van der Waals surface area contributed by atoms with Crippen molar-refractivity contribution in [3.63, 3.8) is 0 Å². The molecule has 1 fully saturated rings. The quantitative estimate of drug-likeness (QED) is 0.647. The molecule has 1 aliphatic heterocycles. The molecule has 3 aromatic rings. The molecule has 0 bridgehead atoms. The molecule has 0 amide bonds. The molecule has 0 spiro atoms. The molecule has 0 aromatic carbocycles. The highest BCUT2D eigenvalue weighted by Gasteiger charge is 2.24. The second kappa shape index (κ2) is 5.99. The number of aryl methyl sites for hydroxylation is 1. The van der Waals surface area contributed by atoms with Crippen LogP contribution in [0.15, 0.2) is 6.20 Å². The van der Waals surface area contributed by atoms with Crippen LogP contribution >= 0.6 is 0 Å². The van der Waals surface area contributed by atoms with Crippen LogP contribution in [0.4, 0.5) is 11.8 Å². The van der Waals surface area contributed by atoms with E-state index in [0.29, 0.717) is 22.9 Å². The topological polar surface area (TPSA) is 128 Å². The van der Waals surface area contributed by atoms with Crippen molar-refractivity contribution in [1.82, 2.24) is 34.6 Å². The van der Waals surface area contributed by atoms with Gasteiger partial charge in [0.25, 0.3) is 0 Å². The number of hydrogen-bond acceptors (Lipinski definition) is 7. The molecule has 3 aromatic heterocycles. The van der Waals surface area contributed by atoms with Gasteiger partial charge >= 0.3 is 0 Å². The Balaban J connectivity index is 1.45. The maximum Gasteiger partial charge on any atom is 0.224 e. The molecule has 9 heteroatoms. The summed E-state index contributed by atoms with van der Waals surface area (Å²) in [7, 11) is 1.98.